The van der Waals surface area contributed by atoms with Gasteiger partial charge in [0.1, 0.15) is 11.6 Å². The number of aromatic nitrogens is 2. The molecule has 0 spiro atoms. The predicted molar refractivity (Wildman–Crippen MR) is 120 cm³/mol. The Balaban J connectivity index is 0.00000140. The zero-order valence-electron chi connectivity index (χ0n) is 16.3. The fourth-order valence-corrected chi connectivity index (χ4v) is 3.75. The van der Waals surface area contributed by atoms with Crippen LogP contribution in [0.15, 0.2) is 41.2 Å². The molecule has 5 nitrogen and oxygen atoms in total. The van der Waals surface area contributed by atoms with Gasteiger partial charge in [0.2, 0.25) is 0 Å². The average Bonchev–Trinajstić information content (AvgIpc) is 3.05. The monoisotopic (exact) mass is 421 g/mol. The van der Waals surface area contributed by atoms with E-state index in [9.17, 15) is 4.79 Å². The van der Waals surface area contributed by atoms with Crippen LogP contribution in [0.4, 0.5) is 0 Å². The fourth-order valence-electron chi connectivity index (χ4n) is 3.75. The third kappa shape index (κ3) is 3.50. The van der Waals surface area contributed by atoms with E-state index in [1.807, 2.05) is 36.4 Å². The molecule has 0 aliphatic carbocycles. The van der Waals surface area contributed by atoms with Gasteiger partial charge in [0.15, 0.2) is 5.43 Å². The highest BCUT2D eigenvalue weighted by molar-refractivity contribution is 6.01. The van der Waals surface area contributed by atoms with Crippen molar-refractivity contribution in [3.05, 3.63) is 52.4 Å². The summed E-state index contributed by atoms with van der Waals surface area (Å²) in [6, 6.07) is 11.5. The molecule has 4 aromatic rings. The van der Waals surface area contributed by atoms with Crippen molar-refractivity contribution >= 4 is 52.1 Å². The Morgan fingerprint density at radius 1 is 1.07 bits per heavy atom. The van der Waals surface area contributed by atoms with Crippen LogP contribution in [0.5, 0.6) is 5.75 Å². The van der Waals surface area contributed by atoms with Crippen LogP contribution in [0.25, 0.3) is 27.3 Å². The number of halogens is 2. The number of pyridine rings is 1. The number of imidazole rings is 1. The Morgan fingerprint density at radius 3 is 2.50 bits per heavy atom. The quantitative estimate of drug-likeness (QED) is 0.438. The van der Waals surface area contributed by atoms with Gasteiger partial charge in [-0.3, -0.25) is 9.20 Å². The molecule has 0 bridgehead atoms. The van der Waals surface area contributed by atoms with Crippen LogP contribution < -0.4 is 10.2 Å². The number of ether oxygens (including phenoxy) is 1. The summed E-state index contributed by atoms with van der Waals surface area (Å²) in [5.74, 6) is 1.69. The second-order valence-electron chi connectivity index (χ2n) is 6.53. The molecule has 2 aromatic carbocycles. The second kappa shape index (κ2) is 8.95. The van der Waals surface area contributed by atoms with E-state index >= 15 is 0 Å². The molecule has 0 amide bonds. The third-order valence-corrected chi connectivity index (χ3v) is 5.23. The van der Waals surface area contributed by atoms with Gasteiger partial charge in [-0.05, 0) is 43.4 Å². The molecular formula is C21H25Cl2N3O2. The van der Waals surface area contributed by atoms with Crippen molar-refractivity contribution in [3.63, 3.8) is 0 Å². The minimum atomic E-state index is 0. The van der Waals surface area contributed by atoms with Crippen LogP contribution in [-0.4, -0.2) is 41.0 Å². The Labute approximate surface area is 176 Å². The van der Waals surface area contributed by atoms with Gasteiger partial charge in [0.25, 0.3) is 0 Å². The summed E-state index contributed by atoms with van der Waals surface area (Å²) in [4.78, 5) is 20.3. The molecule has 2 heterocycles. The van der Waals surface area contributed by atoms with Crippen molar-refractivity contribution in [3.8, 4) is 5.75 Å². The number of hydrogen-bond acceptors (Lipinski definition) is 4. The lowest BCUT2D eigenvalue weighted by Crippen LogP contribution is -2.26. The van der Waals surface area contributed by atoms with Gasteiger partial charge in [-0.2, -0.15) is 0 Å². The lowest BCUT2D eigenvalue weighted by atomic mass is 10.1. The van der Waals surface area contributed by atoms with Gasteiger partial charge in [-0.15, -0.1) is 24.8 Å². The number of fused-ring (bicyclic) bond motifs is 2. The molecule has 0 radical (unpaired) electrons. The summed E-state index contributed by atoms with van der Waals surface area (Å²) < 4.78 is 7.48. The molecule has 0 N–H and O–H groups in total. The van der Waals surface area contributed by atoms with Crippen LogP contribution in [0.1, 0.15) is 19.7 Å². The lowest BCUT2D eigenvalue weighted by molar-refractivity contribution is 0.306. The van der Waals surface area contributed by atoms with Crippen LogP contribution in [-0.2, 0) is 6.42 Å². The first-order valence-corrected chi connectivity index (χ1v) is 9.13. The maximum atomic E-state index is 13.0. The van der Waals surface area contributed by atoms with Gasteiger partial charge in [-0.1, -0.05) is 19.9 Å². The maximum absolute atomic E-state index is 13.0. The Bertz CT molecular complexity index is 1140. The van der Waals surface area contributed by atoms with Crippen LogP contribution in [0, 0.1) is 0 Å². The van der Waals surface area contributed by atoms with E-state index in [2.05, 4.69) is 23.1 Å². The predicted octanol–water partition coefficient (Wildman–Crippen LogP) is 4.18. The fraction of sp³-hybridized carbons (Fsp3) is 0.333. The van der Waals surface area contributed by atoms with E-state index in [-0.39, 0.29) is 30.2 Å². The number of hydrogen-bond donors (Lipinski definition) is 0. The molecular weight excluding hydrogens is 397 g/mol. The number of para-hydroxylation sites is 1. The summed E-state index contributed by atoms with van der Waals surface area (Å²) in [6.45, 7) is 7.34. The first-order valence-electron chi connectivity index (χ1n) is 9.13. The lowest BCUT2D eigenvalue weighted by Gasteiger charge is -2.17. The van der Waals surface area contributed by atoms with Gasteiger partial charge >= 0.3 is 0 Å². The van der Waals surface area contributed by atoms with E-state index in [4.69, 9.17) is 9.72 Å². The molecule has 0 fully saturated rings. The molecule has 7 heteroatoms. The number of nitrogens with zero attached hydrogens (tertiary/aromatic N) is 3. The number of benzene rings is 2. The highest BCUT2D eigenvalue weighted by Crippen LogP contribution is 2.27. The zero-order valence-corrected chi connectivity index (χ0v) is 17.9. The SMILES string of the molecule is CCN(CC)CCc1nc2cccc3c(=O)c4cc(OC)ccc4n1c23.Cl.Cl. The smallest absolute Gasteiger partial charge is 0.197 e. The van der Waals surface area contributed by atoms with E-state index in [0.29, 0.717) is 16.5 Å². The summed E-state index contributed by atoms with van der Waals surface area (Å²) in [6.07, 6.45) is 0.843. The molecule has 4 rings (SSSR count). The number of rotatable bonds is 6. The van der Waals surface area contributed by atoms with Crippen molar-refractivity contribution in [2.24, 2.45) is 0 Å². The van der Waals surface area contributed by atoms with E-state index in [0.717, 1.165) is 48.4 Å². The molecule has 150 valence electrons. The molecule has 0 aliphatic rings. The molecule has 0 saturated carbocycles. The number of methoxy groups -OCH3 is 1. The highest BCUT2D eigenvalue weighted by Gasteiger charge is 2.17. The molecule has 0 aliphatic heterocycles. The zero-order chi connectivity index (χ0) is 18.3. The molecule has 0 unspecified atom stereocenters. The largest absolute Gasteiger partial charge is 0.497 e. The maximum Gasteiger partial charge on any atom is 0.197 e. The minimum Gasteiger partial charge on any atom is -0.497 e. The van der Waals surface area contributed by atoms with Crippen LogP contribution in [0.2, 0.25) is 0 Å². The van der Waals surface area contributed by atoms with E-state index in [1.165, 1.54) is 0 Å². The molecule has 0 saturated heterocycles. The summed E-state index contributed by atoms with van der Waals surface area (Å²) in [7, 11) is 1.62. The van der Waals surface area contributed by atoms with Gasteiger partial charge in [0, 0.05) is 18.4 Å². The molecule has 28 heavy (non-hydrogen) atoms. The third-order valence-electron chi connectivity index (χ3n) is 5.23. The summed E-state index contributed by atoms with van der Waals surface area (Å²) in [5.41, 5.74) is 2.73. The highest BCUT2D eigenvalue weighted by atomic mass is 35.5. The van der Waals surface area contributed by atoms with Gasteiger partial charge < -0.3 is 9.64 Å². The normalized spacial score (nSPS) is 11.1. The summed E-state index contributed by atoms with van der Waals surface area (Å²) in [5, 5.41) is 1.39. The average molecular weight is 422 g/mol. The Kier molecular flexibility index (Phi) is 7.10. The Morgan fingerprint density at radius 2 is 1.82 bits per heavy atom. The van der Waals surface area contributed by atoms with E-state index < -0.39 is 0 Å². The Hall–Kier alpha value is -2.08. The van der Waals surface area contributed by atoms with Crippen molar-refractivity contribution in [2.45, 2.75) is 20.3 Å². The number of likely N-dealkylation sites (N-methyl/N-ethyl adjacent to an activating group) is 1. The van der Waals surface area contributed by atoms with Crippen LogP contribution in [0.3, 0.4) is 0 Å². The minimum absolute atomic E-state index is 0. The van der Waals surface area contributed by atoms with Crippen molar-refractivity contribution < 1.29 is 4.74 Å². The second-order valence-corrected chi connectivity index (χ2v) is 6.53. The first kappa shape index (κ1) is 22.2. The molecule has 0 atom stereocenters. The van der Waals surface area contributed by atoms with E-state index in [1.54, 1.807) is 7.11 Å². The van der Waals surface area contributed by atoms with Gasteiger partial charge in [-0.25, -0.2) is 4.98 Å². The molecule has 2 aromatic heterocycles. The van der Waals surface area contributed by atoms with Crippen molar-refractivity contribution in [1.29, 1.82) is 0 Å². The van der Waals surface area contributed by atoms with Crippen LogP contribution >= 0.6 is 24.8 Å². The van der Waals surface area contributed by atoms with Crippen molar-refractivity contribution in [1.82, 2.24) is 14.3 Å². The van der Waals surface area contributed by atoms with Gasteiger partial charge in [0.05, 0.1) is 29.0 Å². The first-order chi connectivity index (χ1) is 12.7. The van der Waals surface area contributed by atoms with Crippen molar-refractivity contribution in [2.75, 3.05) is 26.7 Å². The topological polar surface area (TPSA) is 46.8 Å². The summed E-state index contributed by atoms with van der Waals surface area (Å²) >= 11 is 0. The standard InChI is InChI=1S/C21H23N3O2.2ClH/c1-4-23(5-2)12-11-19-22-17-8-6-7-15-20(17)24(19)18-10-9-14(26-3)13-16(18)21(15)25;;/h6-10,13H,4-5,11-12H2,1-3H3;2*1H.